The van der Waals surface area contributed by atoms with Gasteiger partial charge in [-0.15, -0.1) is 0 Å². The summed E-state index contributed by atoms with van der Waals surface area (Å²) in [7, 11) is 1.53. The molecule has 1 N–H and O–H groups in total. The van der Waals surface area contributed by atoms with Crippen molar-refractivity contribution < 1.29 is 14.4 Å². The predicted molar refractivity (Wildman–Crippen MR) is 120 cm³/mol. The molecule has 1 saturated heterocycles. The van der Waals surface area contributed by atoms with Crippen molar-refractivity contribution in [2.75, 3.05) is 25.5 Å². The summed E-state index contributed by atoms with van der Waals surface area (Å²) in [6, 6.07) is 17.6. The number of anilines is 1. The van der Waals surface area contributed by atoms with Crippen molar-refractivity contribution in [2.45, 2.75) is 26.2 Å². The van der Waals surface area contributed by atoms with Crippen LogP contribution in [-0.4, -0.2) is 47.7 Å². The van der Waals surface area contributed by atoms with Crippen LogP contribution in [-0.2, 0) is 20.8 Å². The molecular weight excluding hydrogens is 390 g/mol. The van der Waals surface area contributed by atoms with Crippen LogP contribution in [0, 0.1) is 5.92 Å². The fraction of sp³-hybridized carbons (Fsp3) is 0.320. The monoisotopic (exact) mass is 417 g/mol. The summed E-state index contributed by atoms with van der Waals surface area (Å²) in [6.45, 7) is 2.96. The normalized spacial score (nSPS) is 17.5. The van der Waals surface area contributed by atoms with Gasteiger partial charge in [0.1, 0.15) is 5.70 Å². The molecule has 31 heavy (non-hydrogen) atoms. The van der Waals surface area contributed by atoms with E-state index in [-0.39, 0.29) is 17.7 Å². The first-order valence-electron chi connectivity index (χ1n) is 10.7. The van der Waals surface area contributed by atoms with E-state index in [2.05, 4.69) is 34.5 Å². The third-order valence-electron chi connectivity index (χ3n) is 6.05. The Morgan fingerprint density at radius 3 is 2.23 bits per heavy atom. The van der Waals surface area contributed by atoms with Crippen LogP contribution in [0.15, 0.2) is 60.3 Å². The summed E-state index contributed by atoms with van der Waals surface area (Å²) >= 11 is 0. The van der Waals surface area contributed by atoms with Gasteiger partial charge in [0, 0.05) is 32.7 Å². The number of hydrogen-bond acceptors (Lipinski definition) is 4. The maximum absolute atomic E-state index is 12.9. The lowest BCUT2D eigenvalue weighted by molar-refractivity contribution is -0.136. The summed E-state index contributed by atoms with van der Waals surface area (Å²) in [5.41, 5.74) is 3.64. The number of carbonyl (C=O) groups is 3. The van der Waals surface area contributed by atoms with Crippen LogP contribution in [0.1, 0.15) is 30.9 Å². The SMILES string of the molecule is CC(=O)Nc1ccc(C2=C(N3CCC(Cc4ccccc4)CC3)C(=O)N(C)C2=O)cc1. The Kier molecular flexibility index (Phi) is 5.89. The van der Waals surface area contributed by atoms with Gasteiger partial charge >= 0.3 is 0 Å². The zero-order chi connectivity index (χ0) is 22.0. The largest absolute Gasteiger partial charge is 0.366 e. The molecule has 4 rings (SSSR count). The van der Waals surface area contributed by atoms with Gasteiger partial charge < -0.3 is 10.2 Å². The molecule has 0 spiro atoms. The second-order valence-corrected chi connectivity index (χ2v) is 8.27. The highest BCUT2D eigenvalue weighted by molar-refractivity contribution is 6.35. The fourth-order valence-corrected chi connectivity index (χ4v) is 4.41. The van der Waals surface area contributed by atoms with Crippen molar-refractivity contribution in [2.24, 2.45) is 5.92 Å². The number of likely N-dealkylation sites (N-methyl/N-ethyl adjacent to an activating group) is 1. The Hall–Kier alpha value is -3.41. The molecule has 6 heteroatoms. The Morgan fingerprint density at radius 2 is 1.61 bits per heavy atom. The molecule has 2 heterocycles. The molecular formula is C25H27N3O3. The number of nitrogens with zero attached hydrogens (tertiary/aromatic N) is 2. The molecule has 2 aliphatic heterocycles. The number of rotatable bonds is 5. The van der Waals surface area contributed by atoms with Crippen molar-refractivity contribution in [3.05, 3.63) is 71.4 Å². The van der Waals surface area contributed by atoms with Crippen LogP contribution in [0.5, 0.6) is 0 Å². The first-order valence-corrected chi connectivity index (χ1v) is 10.7. The highest BCUT2D eigenvalue weighted by Gasteiger charge is 2.40. The number of amides is 3. The molecule has 0 aromatic heterocycles. The predicted octanol–water partition coefficient (Wildman–Crippen LogP) is 3.31. The van der Waals surface area contributed by atoms with E-state index in [1.54, 1.807) is 24.3 Å². The lowest BCUT2D eigenvalue weighted by Gasteiger charge is -2.34. The average Bonchev–Trinajstić information content (AvgIpc) is 2.99. The zero-order valence-corrected chi connectivity index (χ0v) is 17.9. The molecule has 0 aliphatic carbocycles. The van der Waals surface area contributed by atoms with Crippen molar-refractivity contribution in [3.8, 4) is 0 Å². The number of benzene rings is 2. The number of likely N-dealkylation sites (tertiary alicyclic amines) is 1. The second kappa shape index (κ2) is 8.76. The third-order valence-corrected chi connectivity index (χ3v) is 6.05. The molecule has 0 saturated carbocycles. The van der Waals surface area contributed by atoms with Crippen molar-refractivity contribution >= 4 is 29.0 Å². The van der Waals surface area contributed by atoms with Crippen LogP contribution < -0.4 is 5.32 Å². The number of imide groups is 1. The van der Waals surface area contributed by atoms with Crippen LogP contribution in [0.3, 0.4) is 0 Å². The van der Waals surface area contributed by atoms with Crippen molar-refractivity contribution in [3.63, 3.8) is 0 Å². The van der Waals surface area contributed by atoms with E-state index in [0.29, 0.717) is 28.4 Å². The number of carbonyl (C=O) groups excluding carboxylic acids is 3. The van der Waals surface area contributed by atoms with E-state index < -0.39 is 0 Å². The van der Waals surface area contributed by atoms with Crippen molar-refractivity contribution in [1.82, 2.24) is 9.80 Å². The summed E-state index contributed by atoms with van der Waals surface area (Å²) in [6.07, 6.45) is 3.01. The molecule has 0 bridgehead atoms. The lowest BCUT2D eigenvalue weighted by atomic mass is 9.89. The number of piperidine rings is 1. The summed E-state index contributed by atoms with van der Waals surface area (Å²) in [5.74, 6) is -0.103. The average molecular weight is 418 g/mol. The third kappa shape index (κ3) is 4.38. The van der Waals surface area contributed by atoms with Gasteiger partial charge in [-0.05, 0) is 48.4 Å². The van der Waals surface area contributed by atoms with Crippen LogP contribution in [0.25, 0.3) is 5.57 Å². The van der Waals surface area contributed by atoms with E-state index >= 15 is 0 Å². The number of hydrogen-bond donors (Lipinski definition) is 1. The molecule has 2 aromatic carbocycles. The standard InChI is InChI=1S/C25H27N3O3/c1-17(29)26-21-10-8-20(9-11-21)22-23(25(31)27(2)24(22)30)28-14-12-19(13-15-28)16-18-6-4-3-5-7-18/h3-11,19H,12-16H2,1-2H3,(H,26,29). The molecule has 6 nitrogen and oxygen atoms in total. The highest BCUT2D eigenvalue weighted by atomic mass is 16.2. The maximum Gasteiger partial charge on any atom is 0.277 e. The molecule has 2 aromatic rings. The molecule has 2 aliphatic rings. The van der Waals surface area contributed by atoms with Gasteiger partial charge in [0.2, 0.25) is 5.91 Å². The van der Waals surface area contributed by atoms with Crippen LogP contribution >= 0.6 is 0 Å². The van der Waals surface area contributed by atoms with Crippen LogP contribution in [0.2, 0.25) is 0 Å². The molecule has 0 unspecified atom stereocenters. The van der Waals surface area contributed by atoms with Gasteiger partial charge in [-0.2, -0.15) is 0 Å². The van der Waals surface area contributed by atoms with Gasteiger partial charge in [-0.1, -0.05) is 42.5 Å². The van der Waals surface area contributed by atoms with Gasteiger partial charge in [0.05, 0.1) is 5.57 Å². The zero-order valence-electron chi connectivity index (χ0n) is 17.9. The van der Waals surface area contributed by atoms with E-state index in [1.165, 1.54) is 24.4 Å². The summed E-state index contributed by atoms with van der Waals surface area (Å²) in [5, 5.41) is 2.72. The highest BCUT2D eigenvalue weighted by Crippen LogP contribution is 2.34. The first kappa shape index (κ1) is 20.8. The number of nitrogens with one attached hydrogen (secondary N) is 1. The van der Waals surface area contributed by atoms with Gasteiger partial charge in [0.15, 0.2) is 0 Å². The van der Waals surface area contributed by atoms with Gasteiger partial charge in [0.25, 0.3) is 11.8 Å². The fourth-order valence-electron chi connectivity index (χ4n) is 4.41. The summed E-state index contributed by atoms with van der Waals surface area (Å²) in [4.78, 5) is 40.3. The minimum Gasteiger partial charge on any atom is -0.366 e. The quantitative estimate of drug-likeness (QED) is 0.758. The van der Waals surface area contributed by atoms with Gasteiger partial charge in [-0.25, -0.2) is 0 Å². The first-order chi connectivity index (χ1) is 14.9. The maximum atomic E-state index is 12.9. The molecule has 160 valence electrons. The molecule has 1 fully saturated rings. The van der Waals surface area contributed by atoms with Crippen LogP contribution in [0.4, 0.5) is 5.69 Å². The van der Waals surface area contributed by atoms with E-state index in [4.69, 9.17) is 0 Å². The molecule has 3 amide bonds. The van der Waals surface area contributed by atoms with Crippen molar-refractivity contribution in [1.29, 1.82) is 0 Å². The van der Waals surface area contributed by atoms with E-state index in [1.807, 2.05) is 6.07 Å². The molecule has 0 atom stereocenters. The Labute approximate surface area is 182 Å². The van der Waals surface area contributed by atoms with E-state index in [0.717, 1.165) is 32.4 Å². The van der Waals surface area contributed by atoms with Gasteiger partial charge in [-0.3, -0.25) is 19.3 Å². The second-order valence-electron chi connectivity index (χ2n) is 8.27. The summed E-state index contributed by atoms with van der Waals surface area (Å²) < 4.78 is 0. The smallest absolute Gasteiger partial charge is 0.277 e. The topological polar surface area (TPSA) is 69.7 Å². The Bertz CT molecular complexity index is 1020. The minimum absolute atomic E-state index is 0.155. The Balaban J connectivity index is 1.54. The minimum atomic E-state index is -0.279. The molecule has 0 radical (unpaired) electrons. The van der Waals surface area contributed by atoms with E-state index in [9.17, 15) is 14.4 Å². The Morgan fingerprint density at radius 1 is 0.968 bits per heavy atom. The lowest BCUT2D eigenvalue weighted by Crippen LogP contribution is -2.38.